The van der Waals surface area contributed by atoms with Crippen molar-refractivity contribution in [2.24, 2.45) is 0 Å². The molecule has 1 aliphatic rings. The van der Waals surface area contributed by atoms with E-state index in [0.29, 0.717) is 18.5 Å². The average molecular weight is 458 g/mol. The van der Waals surface area contributed by atoms with Crippen LogP contribution >= 0.6 is 7.82 Å². The van der Waals surface area contributed by atoms with Gasteiger partial charge in [0, 0.05) is 25.8 Å². The van der Waals surface area contributed by atoms with Crippen molar-refractivity contribution in [3.05, 3.63) is 29.8 Å². The first-order valence-electron chi connectivity index (χ1n) is 9.84. The largest absolute Gasteiger partial charge is 0.472 e. The normalized spacial score (nSPS) is 16.9. The van der Waals surface area contributed by atoms with Crippen molar-refractivity contribution >= 4 is 31.2 Å². The second-order valence-electron chi connectivity index (χ2n) is 6.93. The first-order valence-corrected chi connectivity index (χ1v) is 11.3. The predicted molar refractivity (Wildman–Crippen MR) is 109 cm³/mol. The van der Waals surface area contributed by atoms with Crippen LogP contribution in [-0.2, 0) is 34.4 Å². The number of hydrogen-bond donors (Lipinski definition) is 4. The highest BCUT2D eigenvalue weighted by Crippen LogP contribution is 2.42. The van der Waals surface area contributed by atoms with Crippen LogP contribution in [-0.4, -0.2) is 65.3 Å². The Labute approximate surface area is 179 Å². The fourth-order valence-corrected chi connectivity index (χ4v) is 3.60. The van der Waals surface area contributed by atoms with E-state index in [-0.39, 0.29) is 50.1 Å². The minimum atomic E-state index is -4.37. The van der Waals surface area contributed by atoms with Gasteiger partial charge in [0.1, 0.15) is 6.10 Å². The minimum Gasteiger partial charge on any atom is -0.394 e. The highest BCUT2D eigenvalue weighted by atomic mass is 31.2. The highest BCUT2D eigenvalue weighted by Gasteiger charge is 2.30. The van der Waals surface area contributed by atoms with E-state index in [1.54, 1.807) is 12.1 Å². The van der Waals surface area contributed by atoms with Gasteiger partial charge in [-0.1, -0.05) is 12.1 Å². The number of hydrogen-bond acceptors (Lipinski definition) is 8. The molecule has 2 unspecified atom stereocenters. The molecule has 0 bridgehead atoms. The summed E-state index contributed by atoms with van der Waals surface area (Å²) in [5.41, 5.74) is 1.51. The van der Waals surface area contributed by atoms with Gasteiger partial charge in [-0.05, 0) is 30.5 Å². The molecule has 3 amide bonds. The number of aryl methyl sites for hydroxylation is 1. The number of phosphoric ester groups is 1. The van der Waals surface area contributed by atoms with Crippen molar-refractivity contribution in [1.82, 2.24) is 5.32 Å². The molecular weight excluding hydrogens is 431 g/mol. The summed E-state index contributed by atoms with van der Waals surface area (Å²) in [6.07, 6.45) is 0.603. The third-order valence-corrected chi connectivity index (χ3v) is 5.42. The Morgan fingerprint density at radius 1 is 1.16 bits per heavy atom. The lowest BCUT2D eigenvalue weighted by Crippen LogP contribution is -2.28. The number of nitrogens with zero attached hydrogens (tertiary/aromatic N) is 1. The molecule has 1 fully saturated rings. The number of rotatable bonds is 13. The van der Waals surface area contributed by atoms with Crippen LogP contribution in [0.25, 0.3) is 0 Å². The van der Waals surface area contributed by atoms with E-state index in [9.17, 15) is 23.8 Å². The summed E-state index contributed by atoms with van der Waals surface area (Å²) in [6, 6.07) is 7.05. The van der Waals surface area contributed by atoms with Crippen LogP contribution in [0, 0.1) is 0 Å². The molecule has 2 rings (SSSR count). The lowest BCUT2D eigenvalue weighted by Gasteiger charge is -2.14. The maximum Gasteiger partial charge on any atom is 0.472 e. The molecule has 0 radical (unpaired) electrons. The fraction of sp³-hybridized carbons (Fsp3) is 0.526. The SMILES string of the molecule is O=C(CCCc1ccc(N2C(=O)CCC2=O)cc1)NCCOP(=O)(O)OCC(O)CO. The molecular formula is C19H27N2O9P. The molecule has 0 aromatic heterocycles. The first-order chi connectivity index (χ1) is 14.7. The van der Waals surface area contributed by atoms with Gasteiger partial charge in [-0.15, -0.1) is 0 Å². The van der Waals surface area contributed by atoms with Crippen LogP contribution in [0.15, 0.2) is 24.3 Å². The Hall–Kier alpha value is -2.14. The molecule has 11 nitrogen and oxygen atoms in total. The van der Waals surface area contributed by atoms with Crippen LogP contribution in [0.1, 0.15) is 31.2 Å². The topological polar surface area (TPSA) is 163 Å². The van der Waals surface area contributed by atoms with Crippen LogP contribution in [0.3, 0.4) is 0 Å². The van der Waals surface area contributed by atoms with Crippen molar-refractivity contribution < 1.29 is 43.1 Å². The average Bonchev–Trinajstić information content (AvgIpc) is 3.08. The zero-order valence-electron chi connectivity index (χ0n) is 16.9. The molecule has 1 aliphatic heterocycles. The molecule has 0 saturated carbocycles. The number of nitrogens with one attached hydrogen (secondary N) is 1. The molecule has 0 spiro atoms. The van der Waals surface area contributed by atoms with Crippen molar-refractivity contribution in [2.45, 2.75) is 38.2 Å². The van der Waals surface area contributed by atoms with Gasteiger partial charge < -0.3 is 20.4 Å². The third kappa shape index (κ3) is 8.48. The van der Waals surface area contributed by atoms with Gasteiger partial charge in [0.2, 0.25) is 17.7 Å². The van der Waals surface area contributed by atoms with E-state index < -0.39 is 27.1 Å². The molecule has 0 aliphatic carbocycles. The van der Waals surface area contributed by atoms with Gasteiger partial charge in [-0.3, -0.25) is 28.3 Å². The van der Waals surface area contributed by atoms with Gasteiger partial charge in [0.25, 0.3) is 0 Å². The zero-order valence-corrected chi connectivity index (χ0v) is 17.8. The third-order valence-electron chi connectivity index (χ3n) is 4.43. The number of aliphatic hydroxyl groups is 2. The lowest BCUT2D eigenvalue weighted by atomic mass is 10.1. The summed E-state index contributed by atoms with van der Waals surface area (Å²) in [5, 5.41) is 20.2. The Morgan fingerprint density at radius 3 is 2.42 bits per heavy atom. The standard InChI is InChI=1S/C19H27N2O9P/c22-12-16(23)13-30-31(27,28)29-11-10-20-17(24)3-1-2-14-4-6-15(7-5-14)21-18(25)8-9-19(21)26/h4-7,16,22-23H,1-3,8-13H2,(H,20,24)(H,27,28). The number of imide groups is 1. The van der Waals surface area contributed by atoms with Crippen LogP contribution in [0.2, 0.25) is 0 Å². The maximum absolute atomic E-state index is 11.8. The van der Waals surface area contributed by atoms with Crippen LogP contribution < -0.4 is 10.2 Å². The van der Waals surface area contributed by atoms with Gasteiger partial charge in [0.15, 0.2) is 0 Å². The summed E-state index contributed by atoms with van der Waals surface area (Å²) in [6.45, 7) is -1.42. The molecule has 31 heavy (non-hydrogen) atoms. The summed E-state index contributed by atoms with van der Waals surface area (Å²) < 4.78 is 20.6. The number of amides is 3. The highest BCUT2D eigenvalue weighted by molar-refractivity contribution is 7.47. The van der Waals surface area contributed by atoms with Crippen molar-refractivity contribution in [3.63, 3.8) is 0 Å². The molecule has 4 N–H and O–H groups in total. The first kappa shape index (κ1) is 25.1. The Kier molecular flexibility index (Phi) is 9.76. The van der Waals surface area contributed by atoms with Crippen molar-refractivity contribution in [3.8, 4) is 0 Å². The summed E-state index contributed by atoms with van der Waals surface area (Å²) in [7, 11) is -4.37. The molecule has 1 saturated heterocycles. The van der Waals surface area contributed by atoms with E-state index in [2.05, 4.69) is 14.4 Å². The van der Waals surface area contributed by atoms with Gasteiger partial charge in [-0.2, -0.15) is 0 Å². The predicted octanol–water partition coefficient (Wildman–Crippen LogP) is 0.266. The van der Waals surface area contributed by atoms with Gasteiger partial charge in [0.05, 0.1) is 25.5 Å². The van der Waals surface area contributed by atoms with E-state index in [1.165, 1.54) is 4.90 Å². The molecule has 1 heterocycles. The fourth-order valence-electron chi connectivity index (χ4n) is 2.84. The molecule has 12 heteroatoms. The number of aliphatic hydroxyl groups excluding tert-OH is 2. The quantitative estimate of drug-likeness (QED) is 0.185. The van der Waals surface area contributed by atoms with E-state index in [4.69, 9.17) is 10.2 Å². The molecule has 1 aromatic carbocycles. The van der Waals surface area contributed by atoms with E-state index in [0.717, 1.165) is 5.56 Å². The smallest absolute Gasteiger partial charge is 0.394 e. The minimum absolute atomic E-state index is 0.00187. The molecule has 172 valence electrons. The Balaban J connectivity index is 1.62. The van der Waals surface area contributed by atoms with Crippen molar-refractivity contribution in [1.29, 1.82) is 0 Å². The Bertz CT molecular complexity index is 799. The zero-order chi connectivity index (χ0) is 22.9. The van der Waals surface area contributed by atoms with Crippen LogP contribution in [0.5, 0.6) is 0 Å². The van der Waals surface area contributed by atoms with Gasteiger partial charge in [-0.25, -0.2) is 4.57 Å². The summed E-state index contributed by atoms with van der Waals surface area (Å²) >= 11 is 0. The monoisotopic (exact) mass is 458 g/mol. The number of benzene rings is 1. The van der Waals surface area contributed by atoms with E-state index in [1.807, 2.05) is 12.1 Å². The number of phosphoric acid groups is 1. The second-order valence-corrected chi connectivity index (χ2v) is 8.38. The number of carbonyl (C=O) groups excluding carboxylic acids is 3. The van der Waals surface area contributed by atoms with Crippen LogP contribution in [0.4, 0.5) is 5.69 Å². The summed E-state index contributed by atoms with van der Waals surface area (Å²) in [5.74, 6) is -0.659. The molecule has 1 aromatic rings. The lowest BCUT2D eigenvalue weighted by molar-refractivity contribution is -0.122. The van der Waals surface area contributed by atoms with Crippen molar-refractivity contribution in [2.75, 3.05) is 31.3 Å². The number of carbonyl (C=O) groups is 3. The molecule has 2 atom stereocenters. The van der Waals surface area contributed by atoms with E-state index >= 15 is 0 Å². The van der Waals surface area contributed by atoms with Gasteiger partial charge >= 0.3 is 7.82 Å². The summed E-state index contributed by atoms with van der Waals surface area (Å²) in [4.78, 5) is 45.9. The second kappa shape index (κ2) is 12.0. The number of anilines is 1. The maximum atomic E-state index is 11.8. The Morgan fingerprint density at radius 2 is 1.81 bits per heavy atom.